The van der Waals surface area contributed by atoms with Crippen molar-refractivity contribution in [1.82, 2.24) is 10.6 Å². The van der Waals surface area contributed by atoms with E-state index >= 15 is 0 Å². The van der Waals surface area contributed by atoms with Crippen LogP contribution in [0.5, 0.6) is 0 Å². The van der Waals surface area contributed by atoms with E-state index in [0.29, 0.717) is 6.54 Å². The summed E-state index contributed by atoms with van der Waals surface area (Å²) in [6.07, 6.45) is 2.06. The highest BCUT2D eigenvalue weighted by Gasteiger charge is 2.10. The monoisotopic (exact) mass is 252 g/mol. The Bertz CT molecular complexity index is 365. The largest absolute Gasteiger partial charge is 0.355 e. The molecule has 0 fully saturated rings. The van der Waals surface area contributed by atoms with E-state index in [1.165, 1.54) is 12.1 Å². The molecule has 0 bridgehead atoms. The van der Waals surface area contributed by atoms with Crippen LogP contribution in [-0.4, -0.2) is 18.5 Å². The maximum Gasteiger partial charge on any atom is 0.236 e. The van der Waals surface area contributed by atoms with Crippen molar-refractivity contribution in [3.05, 3.63) is 35.6 Å². The maximum atomic E-state index is 12.7. The Kier molecular flexibility index (Phi) is 6.36. The van der Waals surface area contributed by atoms with E-state index in [4.69, 9.17) is 0 Å². The number of unbranched alkanes of at least 4 members (excludes halogenated alkanes) is 1. The van der Waals surface area contributed by atoms with Crippen molar-refractivity contribution < 1.29 is 9.18 Å². The summed E-state index contributed by atoms with van der Waals surface area (Å²) in [7, 11) is 0. The molecule has 1 aromatic rings. The normalized spacial score (nSPS) is 12.2. The first kappa shape index (κ1) is 14.6. The van der Waals surface area contributed by atoms with Crippen LogP contribution in [-0.2, 0) is 11.3 Å². The van der Waals surface area contributed by atoms with Crippen LogP contribution >= 0.6 is 0 Å². The lowest BCUT2D eigenvalue weighted by Gasteiger charge is -2.13. The SMILES string of the molecule is CCCCNC(=O)C(C)NCc1ccc(F)cc1. The Morgan fingerprint density at radius 2 is 2.00 bits per heavy atom. The third kappa shape index (κ3) is 5.27. The van der Waals surface area contributed by atoms with Crippen molar-refractivity contribution in [2.24, 2.45) is 0 Å². The summed E-state index contributed by atoms with van der Waals surface area (Å²) in [5.74, 6) is -0.241. The molecule has 0 aromatic heterocycles. The van der Waals surface area contributed by atoms with Crippen LogP contribution in [0, 0.1) is 5.82 Å². The highest BCUT2D eigenvalue weighted by atomic mass is 19.1. The second kappa shape index (κ2) is 7.82. The van der Waals surface area contributed by atoms with Gasteiger partial charge in [0.1, 0.15) is 5.82 Å². The molecule has 0 aliphatic carbocycles. The Morgan fingerprint density at radius 3 is 2.61 bits per heavy atom. The van der Waals surface area contributed by atoms with Crippen molar-refractivity contribution in [2.75, 3.05) is 6.54 Å². The minimum absolute atomic E-state index is 0.00515. The summed E-state index contributed by atoms with van der Waals surface area (Å²) < 4.78 is 12.7. The molecule has 100 valence electrons. The van der Waals surface area contributed by atoms with E-state index in [9.17, 15) is 9.18 Å². The standard InChI is InChI=1S/C14H21FN2O/c1-3-4-9-16-14(18)11(2)17-10-12-5-7-13(15)8-6-12/h5-8,11,17H,3-4,9-10H2,1-2H3,(H,16,18). The summed E-state index contributed by atoms with van der Waals surface area (Å²) in [5, 5.41) is 5.98. The minimum atomic E-state index is -0.246. The lowest BCUT2D eigenvalue weighted by Crippen LogP contribution is -2.42. The number of nitrogens with one attached hydrogen (secondary N) is 2. The van der Waals surface area contributed by atoms with Gasteiger partial charge in [-0.1, -0.05) is 25.5 Å². The molecule has 1 unspecified atom stereocenters. The molecule has 1 amide bonds. The van der Waals surface area contributed by atoms with Crippen LogP contribution in [0.4, 0.5) is 4.39 Å². The highest BCUT2D eigenvalue weighted by molar-refractivity contribution is 5.81. The molecule has 0 spiro atoms. The van der Waals surface area contributed by atoms with Gasteiger partial charge in [-0.3, -0.25) is 4.79 Å². The zero-order chi connectivity index (χ0) is 13.4. The summed E-state index contributed by atoms with van der Waals surface area (Å²) >= 11 is 0. The van der Waals surface area contributed by atoms with Crippen LogP contribution < -0.4 is 10.6 Å². The number of benzene rings is 1. The van der Waals surface area contributed by atoms with Crippen molar-refractivity contribution in [1.29, 1.82) is 0 Å². The average molecular weight is 252 g/mol. The molecule has 1 aromatic carbocycles. The number of amides is 1. The number of hydrogen-bond acceptors (Lipinski definition) is 2. The van der Waals surface area contributed by atoms with E-state index in [1.54, 1.807) is 12.1 Å². The van der Waals surface area contributed by atoms with Gasteiger partial charge >= 0.3 is 0 Å². The van der Waals surface area contributed by atoms with E-state index in [0.717, 1.165) is 24.9 Å². The molecular formula is C14H21FN2O. The van der Waals surface area contributed by atoms with E-state index in [2.05, 4.69) is 17.6 Å². The third-order valence-electron chi connectivity index (χ3n) is 2.75. The number of carbonyl (C=O) groups is 1. The second-order valence-electron chi connectivity index (χ2n) is 4.37. The molecule has 0 radical (unpaired) electrons. The predicted octanol–water partition coefficient (Wildman–Crippen LogP) is 2.22. The van der Waals surface area contributed by atoms with Crippen molar-refractivity contribution in [2.45, 2.75) is 39.3 Å². The predicted molar refractivity (Wildman–Crippen MR) is 70.6 cm³/mol. The lowest BCUT2D eigenvalue weighted by atomic mass is 10.2. The van der Waals surface area contributed by atoms with Gasteiger partial charge in [-0.15, -0.1) is 0 Å². The zero-order valence-electron chi connectivity index (χ0n) is 11.0. The van der Waals surface area contributed by atoms with Crippen molar-refractivity contribution in [3.8, 4) is 0 Å². The van der Waals surface area contributed by atoms with Gasteiger partial charge in [0, 0.05) is 13.1 Å². The topological polar surface area (TPSA) is 41.1 Å². The van der Waals surface area contributed by atoms with Crippen LogP contribution in [0.1, 0.15) is 32.3 Å². The molecule has 3 nitrogen and oxygen atoms in total. The lowest BCUT2D eigenvalue weighted by molar-refractivity contribution is -0.122. The number of halogens is 1. The van der Waals surface area contributed by atoms with Crippen molar-refractivity contribution >= 4 is 5.91 Å². The molecule has 4 heteroatoms. The fourth-order valence-electron chi connectivity index (χ4n) is 1.51. The molecule has 0 saturated heterocycles. The molecule has 18 heavy (non-hydrogen) atoms. The first-order chi connectivity index (χ1) is 8.63. The molecule has 1 rings (SSSR count). The van der Waals surface area contributed by atoms with E-state index < -0.39 is 0 Å². The number of rotatable bonds is 7. The molecule has 0 heterocycles. The summed E-state index contributed by atoms with van der Waals surface area (Å²) in [6, 6.07) is 6.02. The van der Waals surface area contributed by atoms with Crippen molar-refractivity contribution in [3.63, 3.8) is 0 Å². The summed E-state index contributed by atoms with van der Waals surface area (Å²) in [5.41, 5.74) is 0.963. The van der Waals surface area contributed by atoms with E-state index in [-0.39, 0.29) is 17.8 Å². The molecular weight excluding hydrogens is 231 g/mol. The Hall–Kier alpha value is -1.42. The first-order valence-corrected chi connectivity index (χ1v) is 6.39. The zero-order valence-corrected chi connectivity index (χ0v) is 11.0. The fraction of sp³-hybridized carbons (Fsp3) is 0.500. The quantitative estimate of drug-likeness (QED) is 0.731. The van der Waals surface area contributed by atoms with Gasteiger partial charge in [-0.05, 0) is 31.0 Å². The Morgan fingerprint density at radius 1 is 1.33 bits per heavy atom. The highest BCUT2D eigenvalue weighted by Crippen LogP contribution is 2.02. The molecule has 2 N–H and O–H groups in total. The van der Waals surface area contributed by atoms with Gasteiger partial charge in [-0.2, -0.15) is 0 Å². The molecule has 1 atom stereocenters. The smallest absolute Gasteiger partial charge is 0.236 e. The van der Waals surface area contributed by atoms with Gasteiger partial charge < -0.3 is 10.6 Å². The van der Waals surface area contributed by atoms with Crippen LogP contribution in [0.2, 0.25) is 0 Å². The Balaban J connectivity index is 2.29. The van der Waals surface area contributed by atoms with Crippen LogP contribution in [0.15, 0.2) is 24.3 Å². The summed E-state index contributed by atoms with van der Waals surface area (Å²) in [6.45, 7) is 5.19. The average Bonchev–Trinajstić information content (AvgIpc) is 2.38. The third-order valence-corrected chi connectivity index (χ3v) is 2.75. The van der Waals surface area contributed by atoms with E-state index in [1.807, 2.05) is 6.92 Å². The van der Waals surface area contributed by atoms with Gasteiger partial charge in [0.05, 0.1) is 6.04 Å². The second-order valence-corrected chi connectivity index (χ2v) is 4.37. The van der Waals surface area contributed by atoms with Gasteiger partial charge in [0.2, 0.25) is 5.91 Å². The van der Waals surface area contributed by atoms with Crippen LogP contribution in [0.3, 0.4) is 0 Å². The molecule has 0 saturated carbocycles. The van der Waals surface area contributed by atoms with Crippen LogP contribution in [0.25, 0.3) is 0 Å². The number of hydrogen-bond donors (Lipinski definition) is 2. The first-order valence-electron chi connectivity index (χ1n) is 6.39. The fourth-order valence-corrected chi connectivity index (χ4v) is 1.51. The maximum absolute atomic E-state index is 12.7. The van der Waals surface area contributed by atoms with Gasteiger partial charge in [0.25, 0.3) is 0 Å². The minimum Gasteiger partial charge on any atom is -0.355 e. The molecule has 0 aliphatic heterocycles. The Labute approximate surface area is 108 Å². The van der Waals surface area contributed by atoms with Gasteiger partial charge in [-0.25, -0.2) is 4.39 Å². The van der Waals surface area contributed by atoms with Gasteiger partial charge in [0.15, 0.2) is 0 Å². The summed E-state index contributed by atoms with van der Waals surface area (Å²) in [4.78, 5) is 11.7. The number of carbonyl (C=O) groups excluding carboxylic acids is 1. The molecule has 0 aliphatic rings.